The minimum Gasteiger partial charge on any atom is -0.466 e. The van der Waals surface area contributed by atoms with Gasteiger partial charge in [-0.3, -0.25) is 4.90 Å². The van der Waals surface area contributed by atoms with E-state index in [0.717, 1.165) is 59.0 Å². The predicted molar refractivity (Wildman–Crippen MR) is 124 cm³/mol. The van der Waals surface area contributed by atoms with E-state index in [2.05, 4.69) is 32.7 Å². The largest absolute Gasteiger partial charge is 0.466 e. The van der Waals surface area contributed by atoms with Gasteiger partial charge in [0.25, 0.3) is 0 Å². The number of nitrogens with zero attached hydrogens (tertiary/aromatic N) is 1. The van der Waals surface area contributed by atoms with E-state index in [1.807, 2.05) is 6.07 Å². The number of piperidine rings is 1. The summed E-state index contributed by atoms with van der Waals surface area (Å²) in [5, 5.41) is 21.1. The van der Waals surface area contributed by atoms with Crippen LogP contribution in [-0.4, -0.2) is 52.9 Å². The van der Waals surface area contributed by atoms with Crippen molar-refractivity contribution in [1.29, 1.82) is 0 Å². The Balaban J connectivity index is 1.81. The van der Waals surface area contributed by atoms with Gasteiger partial charge in [-0.1, -0.05) is 24.9 Å². The van der Waals surface area contributed by atoms with Crippen molar-refractivity contribution in [3.8, 4) is 0 Å². The Hall–Kier alpha value is -1.38. The molecule has 0 radical (unpaired) electrons. The van der Waals surface area contributed by atoms with Crippen LogP contribution in [0.3, 0.4) is 0 Å². The Labute approximate surface area is 195 Å². The van der Waals surface area contributed by atoms with Gasteiger partial charge in [0.1, 0.15) is 0 Å². The van der Waals surface area contributed by atoms with Gasteiger partial charge >= 0.3 is 5.97 Å². The average molecular weight is 512 g/mol. The van der Waals surface area contributed by atoms with Crippen molar-refractivity contribution in [1.82, 2.24) is 9.88 Å². The summed E-state index contributed by atoms with van der Waals surface area (Å²) in [6.45, 7) is 3.70. The molecule has 2 aliphatic heterocycles. The van der Waals surface area contributed by atoms with Gasteiger partial charge < -0.3 is 19.9 Å². The number of nitrogens with one attached hydrogen (secondary N) is 1. The number of carbonyl (C=O) groups excluding carboxylic acids is 1. The molecule has 3 N–H and O–H groups in total. The molecule has 3 heterocycles. The number of methoxy groups -OCH3 is 1. The third kappa shape index (κ3) is 3.85. The van der Waals surface area contributed by atoms with Crippen LogP contribution in [0.2, 0.25) is 5.02 Å². The van der Waals surface area contributed by atoms with E-state index in [-0.39, 0.29) is 31.1 Å². The Morgan fingerprint density at radius 1 is 1.45 bits per heavy atom. The molecule has 2 aromatic rings. The van der Waals surface area contributed by atoms with Gasteiger partial charge in [0.2, 0.25) is 0 Å². The molecular weight excluding hydrogens is 484 g/mol. The van der Waals surface area contributed by atoms with Crippen LogP contribution in [-0.2, 0) is 22.6 Å². The first-order valence-electron chi connectivity index (χ1n) is 10.7. The Bertz CT molecular complexity index is 1030. The molecule has 4 rings (SSSR count). The Morgan fingerprint density at radius 3 is 2.87 bits per heavy atom. The quantitative estimate of drug-likeness (QED) is 0.415. The number of halogens is 2. The standard InChI is InChI=1S/C23H28BrClN2O4/c1-3-12-10-27-6-4-15-19-13(11-29)8-17(25)20(24)22(19)26-21(15)18(27)9-16(12)14(5-7-28)23(30)31-2/h5,8,12,16,18,26,28-29H,3-4,6-7,9-11H2,1-2H3/b14-5+/t12-,16+,18+/m1/s1. The molecule has 0 aliphatic carbocycles. The zero-order valence-corrected chi connectivity index (χ0v) is 20.1. The second-order valence-electron chi connectivity index (χ2n) is 8.36. The topological polar surface area (TPSA) is 85.8 Å². The third-order valence-corrected chi connectivity index (χ3v) is 8.30. The van der Waals surface area contributed by atoms with Crippen molar-refractivity contribution >= 4 is 44.4 Å². The smallest absolute Gasteiger partial charge is 0.333 e. The van der Waals surface area contributed by atoms with Gasteiger partial charge in [-0.2, -0.15) is 0 Å². The lowest BCUT2D eigenvalue weighted by atomic mass is 9.73. The third-order valence-electron chi connectivity index (χ3n) is 6.95. The van der Waals surface area contributed by atoms with Crippen LogP contribution in [0.1, 0.15) is 42.6 Å². The fraction of sp³-hybridized carbons (Fsp3) is 0.522. The van der Waals surface area contributed by atoms with E-state index >= 15 is 0 Å². The second kappa shape index (κ2) is 9.24. The maximum Gasteiger partial charge on any atom is 0.333 e. The number of aromatic nitrogens is 1. The van der Waals surface area contributed by atoms with Crippen LogP contribution in [0.15, 0.2) is 22.2 Å². The SMILES string of the molecule is CC[C@@H]1CN2CCc3c([nH]c4c(Br)c(Cl)cc(CO)c34)[C@@H]2C[C@@H]1/C(=C\CO)C(=O)OC. The van der Waals surface area contributed by atoms with E-state index in [1.165, 1.54) is 12.7 Å². The van der Waals surface area contributed by atoms with Crippen LogP contribution >= 0.6 is 27.5 Å². The maximum absolute atomic E-state index is 12.5. The molecule has 1 aromatic heterocycles. The number of aromatic amines is 1. The van der Waals surface area contributed by atoms with E-state index in [9.17, 15) is 15.0 Å². The van der Waals surface area contributed by atoms with Crippen LogP contribution in [0.4, 0.5) is 0 Å². The highest BCUT2D eigenvalue weighted by Gasteiger charge is 2.42. The van der Waals surface area contributed by atoms with Crippen LogP contribution in [0, 0.1) is 11.8 Å². The summed E-state index contributed by atoms with van der Waals surface area (Å²) in [5.41, 5.74) is 4.66. The van der Waals surface area contributed by atoms with Crippen molar-refractivity contribution in [3.63, 3.8) is 0 Å². The summed E-state index contributed by atoms with van der Waals surface area (Å²) < 4.78 is 5.84. The fourth-order valence-corrected chi connectivity index (χ4v) is 6.13. The van der Waals surface area contributed by atoms with Crippen LogP contribution in [0.5, 0.6) is 0 Å². The highest BCUT2D eigenvalue weighted by molar-refractivity contribution is 9.10. The lowest BCUT2D eigenvalue weighted by molar-refractivity contribution is -0.137. The van der Waals surface area contributed by atoms with Crippen molar-refractivity contribution in [3.05, 3.63) is 44.0 Å². The number of hydrogen-bond acceptors (Lipinski definition) is 5. The van der Waals surface area contributed by atoms with Crippen molar-refractivity contribution in [2.75, 3.05) is 26.8 Å². The van der Waals surface area contributed by atoms with Gasteiger partial charge in [0.05, 0.1) is 41.4 Å². The summed E-state index contributed by atoms with van der Waals surface area (Å²) in [7, 11) is 1.39. The fourth-order valence-electron chi connectivity index (χ4n) is 5.49. The molecule has 0 bridgehead atoms. The molecule has 6 nitrogen and oxygen atoms in total. The van der Waals surface area contributed by atoms with Crippen molar-refractivity contribution in [2.45, 2.75) is 38.8 Å². The monoisotopic (exact) mass is 510 g/mol. The predicted octanol–water partition coefficient (Wildman–Crippen LogP) is 4.11. The molecule has 1 saturated heterocycles. The zero-order chi connectivity index (χ0) is 22.3. The molecule has 0 unspecified atom stereocenters. The molecule has 0 saturated carbocycles. The summed E-state index contributed by atoms with van der Waals surface area (Å²) in [5.74, 6) is -0.0449. The molecule has 3 atom stereocenters. The molecule has 8 heteroatoms. The van der Waals surface area contributed by atoms with E-state index < -0.39 is 0 Å². The number of ether oxygens (including phenoxy) is 1. The number of H-pyrrole nitrogens is 1. The molecule has 1 aromatic carbocycles. The summed E-state index contributed by atoms with van der Waals surface area (Å²) in [6.07, 6.45) is 4.20. The molecular formula is C23H28BrClN2O4. The number of aliphatic hydroxyl groups excluding tert-OH is 2. The zero-order valence-electron chi connectivity index (χ0n) is 17.8. The number of aliphatic hydroxyl groups is 2. The highest BCUT2D eigenvalue weighted by Crippen LogP contribution is 2.47. The number of rotatable bonds is 5. The number of benzene rings is 1. The van der Waals surface area contributed by atoms with E-state index in [1.54, 1.807) is 6.08 Å². The van der Waals surface area contributed by atoms with Gasteiger partial charge in [-0.25, -0.2) is 4.79 Å². The average Bonchev–Trinajstić information content (AvgIpc) is 3.19. The summed E-state index contributed by atoms with van der Waals surface area (Å²) in [4.78, 5) is 18.6. The first-order chi connectivity index (χ1) is 14.9. The summed E-state index contributed by atoms with van der Waals surface area (Å²) in [6, 6.07) is 1.94. The molecule has 0 spiro atoms. The number of carbonyl (C=O) groups is 1. The normalized spacial score (nSPS) is 24.2. The molecule has 0 amide bonds. The lowest BCUT2D eigenvalue weighted by Crippen LogP contribution is -2.47. The first kappa shape index (κ1) is 22.8. The molecule has 168 valence electrons. The van der Waals surface area contributed by atoms with Crippen molar-refractivity contribution in [2.24, 2.45) is 11.8 Å². The van der Waals surface area contributed by atoms with Gasteiger partial charge in [-0.15, -0.1) is 0 Å². The van der Waals surface area contributed by atoms with E-state index in [0.29, 0.717) is 16.5 Å². The lowest BCUT2D eigenvalue weighted by Gasteiger charge is -2.46. The number of fused-ring (bicyclic) bond motifs is 5. The second-order valence-corrected chi connectivity index (χ2v) is 9.56. The highest BCUT2D eigenvalue weighted by atomic mass is 79.9. The molecule has 1 fully saturated rings. The summed E-state index contributed by atoms with van der Waals surface area (Å²) >= 11 is 10.00. The van der Waals surface area contributed by atoms with Crippen LogP contribution < -0.4 is 0 Å². The Kier molecular flexibility index (Phi) is 6.79. The minimum atomic E-state index is -0.365. The Morgan fingerprint density at radius 2 is 2.23 bits per heavy atom. The van der Waals surface area contributed by atoms with Gasteiger partial charge in [0, 0.05) is 29.7 Å². The van der Waals surface area contributed by atoms with Gasteiger partial charge in [-0.05, 0) is 63.9 Å². The van der Waals surface area contributed by atoms with Gasteiger partial charge in [0.15, 0.2) is 0 Å². The first-order valence-corrected chi connectivity index (χ1v) is 11.9. The van der Waals surface area contributed by atoms with Crippen molar-refractivity contribution < 1.29 is 19.7 Å². The minimum absolute atomic E-state index is 0.00699. The maximum atomic E-state index is 12.5. The molecule has 31 heavy (non-hydrogen) atoms. The van der Waals surface area contributed by atoms with E-state index in [4.69, 9.17) is 16.3 Å². The number of hydrogen-bond donors (Lipinski definition) is 3. The van der Waals surface area contributed by atoms with Crippen LogP contribution in [0.25, 0.3) is 10.9 Å². The molecule has 2 aliphatic rings. The number of esters is 1.